The first-order valence-electron chi connectivity index (χ1n) is 11.4. The summed E-state index contributed by atoms with van der Waals surface area (Å²) in [4.78, 5) is 22.6. The van der Waals surface area contributed by atoms with Gasteiger partial charge in [-0.05, 0) is 56.3 Å². The highest BCUT2D eigenvalue weighted by Crippen LogP contribution is 2.46. The molecule has 1 atom stereocenters. The number of carbonyl (C=O) groups excluding carboxylic acids is 1. The van der Waals surface area contributed by atoms with Gasteiger partial charge >= 0.3 is 0 Å². The first-order valence-corrected chi connectivity index (χ1v) is 12.2. The summed E-state index contributed by atoms with van der Waals surface area (Å²) >= 11 is 1.48. The summed E-state index contributed by atoms with van der Waals surface area (Å²) in [5, 5.41) is 4.10. The van der Waals surface area contributed by atoms with Gasteiger partial charge in [-0.25, -0.2) is 4.98 Å². The van der Waals surface area contributed by atoms with Crippen LogP contribution in [0, 0.1) is 0 Å². The Hall–Kier alpha value is -3.10. The van der Waals surface area contributed by atoms with Crippen molar-refractivity contribution in [2.24, 2.45) is 0 Å². The molecule has 0 unspecified atom stereocenters. The van der Waals surface area contributed by atoms with Crippen molar-refractivity contribution in [3.05, 3.63) is 59.1 Å². The molecule has 2 aromatic heterocycles. The van der Waals surface area contributed by atoms with Gasteiger partial charge in [0.25, 0.3) is 5.91 Å². The van der Waals surface area contributed by atoms with Gasteiger partial charge in [-0.15, -0.1) is 11.3 Å². The van der Waals surface area contributed by atoms with E-state index in [9.17, 15) is 4.79 Å². The zero-order valence-corrected chi connectivity index (χ0v) is 19.7. The second-order valence-electron chi connectivity index (χ2n) is 8.24. The Morgan fingerprint density at radius 3 is 3.03 bits per heavy atom. The minimum atomic E-state index is -0.0197. The normalized spacial score (nSPS) is 17.6. The number of nitrogens with one attached hydrogen (secondary N) is 1. The molecule has 4 heterocycles. The zero-order chi connectivity index (χ0) is 22.8. The Balaban J connectivity index is 1.39. The van der Waals surface area contributed by atoms with Crippen LogP contribution in [0.2, 0.25) is 0 Å². The van der Waals surface area contributed by atoms with Crippen LogP contribution < -0.4 is 19.7 Å². The lowest BCUT2D eigenvalue weighted by Gasteiger charge is -2.22. The number of anilines is 2. The van der Waals surface area contributed by atoms with Gasteiger partial charge in [0.15, 0.2) is 11.5 Å². The molecule has 0 spiro atoms. The minimum absolute atomic E-state index is 0.0197. The SMILES string of the molecule is CCN1CCC[C@@H]1CNC(=O)c1ccc(N2Cc3cccc(OC)c3Oc3ncccc32)s1. The van der Waals surface area contributed by atoms with Crippen molar-refractivity contribution in [1.29, 1.82) is 0 Å². The molecule has 1 aromatic carbocycles. The number of amides is 1. The van der Waals surface area contributed by atoms with E-state index >= 15 is 0 Å². The molecule has 172 valence electrons. The van der Waals surface area contributed by atoms with E-state index in [1.165, 1.54) is 17.8 Å². The van der Waals surface area contributed by atoms with E-state index in [2.05, 4.69) is 27.0 Å². The molecule has 3 aromatic rings. The summed E-state index contributed by atoms with van der Waals surface area (Å²) in [5.41, 5.74) is 1.85. The molecule has 7 nitrogen and oxygen atoms in total. The highest BCUT2D eigenvalue weighted by atomic mass is 32.1. The van der Waals surface area contributed by atoms with E-state index in [4.69, 9.17) is 9.47 Å². The second-order valence-corrected chi connectivity index (χ2v) is 9.30. The van der Waals surface area contributed by atoms with Crippen LogP contribution in [0.4, 0.5) is 10.7 Å². The van der Waals surface area contributed by atoms with Gasteiger partial charge in [0.2, 0.25) is 5.88 Å². The number of para-hydroxylation sites is 1. The van der Waals surface area contributed by atoms with E-state index in [1.807, 2.05) is 42.5 Å². The van der Waals surface area contributed by atoms with Crippen molar-refractivity contribution >= 4 is 27.9 Å². The van der Waals surface area contributed by atoms with Crippen molar-refractivity contribution in [3.8, 4) is 17.4 Å². The third kappa shape index (κ3) is 4.28. The number of benzene rings is 1. The average Bonchev–Trinajstić information content (AvgIpc) is 3.48. The van der Waals surface area contributed by atoms with E-state index in [0.29, 0.717) is 41.4 Å². The predicted molar refractivity (Wildman–Crippen MR) is 130 cm³/mol. The van der Waals surface area contributed by atoms with Gasteiger partial charge in [-0.2, -0.15) is 0 Å². The van der Waals surface area contributed by atoms with E-state index in [-0.39, 0.29) is 5.91 Å². The number of rotatable bonds is 6. The molecule has 1 saturated heterocycles. The van der Waals surface area contributed by atoms with Crippen molar-refractivity contribution in [2.75, 3.05) is 31.6 Å². The summed E-state index contributed by atoms with van der Waals surface area (Å²) in [5.74, 6) is 1.84. The predicted octanol–water partition coefficient (Wildman–Crippen LogP) is 4.81. The van der Waals surface area contributed by atoms with Crippen LogP contribution in [0.1, 0.15) is 35.0 Å². The Morgan fingerprint density at radius 1 is 1.27 bits per heavy atom. The molecule has 2 aliphatic rings. The van der Waals surface area contributed by atoms with Gasteiger partial charge in [0, 0.05) is 24.3 Å². The summed E-state index contributed by atoms with van der Waals surface area (Å²) < 4.78 is 11.7. The molecular weight excluding hydrogens is 436 g/mol. The lowest BCUT2D eigenvalue weighted by molar-refractivity contribution is 0.0945. The number of aromatic nitrogens is 1. The molecule has 2 aliphatic heterocycles. The van der Waals surface area contributed by atoms with Gasteiger partial charge < -0.3 is 19.7 Å². The van der Waals surface area contributed by atoms with Crippen LogP contribution in [0.25, 0.3) is 0 Å². The Morgan fingerprint density at radius 2 is 2.18 bits per heavy atom. The van der Waals surface area contributed by atoms with E-state index in [1.54, 1.807) is 13.3 Å². The molecule has 5 rings (SSSR count). The number of likely N-dealkylation sites (N-methyl/N-ethyl adjacent to an activating group) is 1. The van der Waals surface area contributed by atoms with Crippen LogP contribution in [0.15, 0.2) is 48.7 Å². The molecule has 0 saturated carbocycles. The minimum Gasteiger partial charge on any atom is -0.493 e. The average molecular weight is 465 g/mol. The van der Waals surface area contributed by atoms with Crippen LogP contribution in [-0.2, 0) is 6.54 Å². The fraction of sp³-hybridized carbons (Fsp3) is 0.360. The number of nitrogens with zero attached hydrogens (tertiary/aromatic N) is 3. The topological polar surface area (TPSA) is 66.9 Å². The molecule has 1 fully saturated rings. The molecular formula is C25H28N4O3S. The highest BCUT2D eigenvalue weighted by molar-refractivity contribution is 7.18. The van der Waals surface area contributed by atoms with Gasteiger partial charge in [0.1, 0.15) is 5.69 Å². The summed E-state index contributed by atoms with van der Waals surface area (Å²) in [6.45, 7) is 5.60. The smallest absolute Gasteiger partial charge is 0.261 e. The van der Waals surface area contributed by atoms with Crippen LogP contribution in [-0.4, -0.2) is 48.6 Å². The molecule has 8 heteroatoms. The molecule has 1 N–H and O–H groups in total. The Bertz CT molecular complexity index is 1150. The number of thiophene rings is 1. The number of hydrogen-bond acceptors (Lipinski definition) is 7. The third-order valence-corrected chi connectivity index (χ3v) is 7.44. The van der Waals surface area contributed by atoms with E-state index < -0.39 is 0 Å². The number of ether oxygens (including phenoxy) is 2. The number of fused-ring (bicyclic) bond motifs is 2. The standard InChI is InChI=1S/C25H28N4O3S/c1-3-28-14-6-8-18(28)15-27-24(30)21-11-12-22(33-21)29-16-17-7-4-10-20(31-2)23(17)32-25-19(29)9-5-13-26-25/h4-5,7,9-13,18H,3,6,8,14-16H2,1-2H3,(H,27,30)/t18-/m1/s1. The zero-order valence-electron chi connectivity index (χ0n) is 18.9. The Labute approximate surface area is 198 Å². The number of likely N-dealkylation sites (tertiary alicyclic amines) is 1. The number of methoxy groups -OCH3 is 1. The third-order valence-electron chi connectivity index (χ3n) is 6.33. The maximum Gasteiger partial charge on any atom is 0.261 e. The van der Waals surface area contributed by atoms with Crippen molar-refractivity contribution in [1.82, 2.24) is 15.2 Å². The van der Waals surface area contributed by atoms with Crippen molar-refractivity contribution in [3.63, 3.8) is 0 Å². The molecule has 1 amide bonds. The number of carbonyl (C=O) groups is 1. The van der Waals surface area contributed by atoms with Crippen LogP contribution in [0.3, 0.4) is 0 Å². The van der Waals surface area contributed by atoms with Gasteiger partial charge in [-0.3, -0.25) is 9.69 Å². The number of hydrogen-bond donors (Lipinski definition) is 1. The number of pyridine rings is 1. The van der Waals surface area contributed by atoms with Crippen LogP contribution >= 0.6 is 11.3 Å². The van der Waals surface area contributed by atoms with Crippen LogP contribution in [0.5, 0.6) is 17.4 Å². The largest absolute Gasteiger partial charge is 0.493 e. The molecule has 33 heavy (non-hydrogen) atoms. The fourth-order valence-corrected chi connectivity index (χ4v) is 5.55. The first kappa shape index (κ1) is 21.7. The quantitative estimate of drug-likeness (QED) is 0.565. The summed E-state index contributed by atoms with van der Waals surface area (Å²) in [6.07, 6.45) is 4.06. The maximum atomic E-state index is 12.9. The fourth-order valence-electron chi connectivity index (χ4n) is 4.61. The molecule has 0 radical (unpaired) electrons. The molecule has 0 bridgehead atoms. The Kier molecular flexibility index (Phi) is 6.20. The van der Waals surface area contributed by atoms with E-state index in [0.717, 1.165) is 35.8 Å². The van der Waals surface area contributed by atoms with Crippen molar-refractivity contribution in [2.45, 2.75) is 32.4 Å². The monoisotopic (exact) mass is 464 g/mol. The van der Waals surface area contributed by atoms with Crippen molar-refractivity contribution < 1.29 is 14.3 Å². The summed E-state index contributed by atoms with van der Waals surface area (Å²) in [6, 6.07) is 14.1. The van der Waals surface area contributed by atoms with Gasteiger partial charge in [-0.1, -0.05) is 19.1 Å². The first-order chi connectivity index (χ1) is 16.2. The second kappa shape index (κ2) is 9.41. The lowest BCUT2D eigenvalue weighted by Crippen LogP contribution is -2.39. The summed E-state index contributed by atoms with van der Waals surface area (Å²) in [7, 11) is 1.64. The highest BCUT2D eigenvalue weighted by Gasteiger charge is 2.27. The molecule has 0 aliphatic carbocycles. The maximum absolute atomic E-state index is 12.9. The lowest BCUT2D eigenvalue weighted by atomic mass is 10.1. The van der Waals surface area contributed by atoms with Gasteiger partial charge in [0.05, 0.1) is 23.5 Å².